The summed E-state index contributed by atoms with van der Waals surface area (Å²) >= 11 is 25.5. The number of fused-ring (bicyclic) bond motifs is 1. The maximum absolute atomic E-state index is 12.3. The number of carbonyl (C=O) groups excluding carboxylic acids is 1. The zero-order valence-electron chi connectivity index (χ0n) is 15.2. The maximum Gasteiger partial charge on any atom is 0.342 e. The Morgan fingerprint density at radius 2 is 1.32 bits per heavy atom. The van der Waals surface area contributed by atoms with Gasteiger partial charge in [-0.15, -0.1) is 0 Å². The lowest BCUT2D eigenvalue weighted by atomic mass is 10.1. The van der Waals surface area contributed by atoms with Crippen LogP contribution in [-0.4, -0.2) is 27.3 Å². The molecule has 0 radical (unpaired) electrons. The Hall–Kier alpha value is -1.73. The molecular formula is C18H14Cl4O6. The molecule has 150 valence electrons. The predicted molar refractivity (Wildman–Crippen MR) is 107 cm³/mol. The summed E-state index contributed by atoms with van der Waals surface area (Å²) in [6, 6.07) is 0. The van der Waals surface area contributed by atoms with E-state index in [0.717, 1.165) is 0 Å². The topological polar surface area (TPSA) is 63.2 Å². The zero-order chi connectivity index (χ0) is 20.7. The van der Waals surface area contributed by atoms with Gasteiger partial charge in [0.05, 0.1) is 31.4 Å². The van der Waals surface area contributed by atoms with Gasteiger partial charge < -0.3 is 23.7 Å². The molecular weight excluding hydrogens is 454 g/mol. The standard InChI is InChI=1S/C18H14Cl4O6/c1-6-9(19)16(26-4)17(11(21)13(6)24-2)28-14-8-7(5-27-18(8)23)10(20)15(25-3)12(14)22/h5H2,1-4H3. The molecule has 0 saturated carbocycles. The average molecular weight is 468 g/mol. The molecule has 0 aromatic heterocycles. The van der Waals surface area contributed by atoms with Gasteiger partial charge in [0.25, 0.3) is 0 Å². The quantitative estimate of drug-likeness (QED) is 0.495. The van der Waals surface area contributed by atoms with Crippen molar-refractivity contribution in [3.63, 3.8) is 0 Å². The molecule has 6 nitrogen and oxygen atoms in total. The fourth-order valence-corrected chi connectivity index (χ4v) is 4.15. The van der Waals surface area contributed by atoms with Crippen molar-refractivity contribution in [2.75, 3.05) is 21.3 Å². The van der Waals surface area contributed by atoms with E-state index >= 15 is 0 Å². The van der Waals surface area contributed by atoms with Gasteiger partial charge in [0.2, 0.25) is 0 Å². The Bertz CT molecular complexity index is 990. The third-order valence-corrected chi connectivity index (χ3v) is 5.78. The van der Waals surface area contributed by atoms with Crippen molar-refractivity contribution in [2.45, 2.75) is 13.5 Å². The molecule has 2 aromatic carbocycles. The molecule has 0 N–H and O–H groups in total. The second-order valence-corrected chi connectivity index (χ2v) is 7.18. The van der Waals surface area contributed by atoms with Gasteiger partial charge in [-0.05, 0) is 6.92 Å². The first-order valence-electron chi connectivity index (χ1n) is 7.80. The Morgan fingerprint density at radius 1 is 0.750 bits per heavy atom. The molecule has 0 bridgehead atoms. The first-order chi connectivity index (χ1) is 13.3. The van der Waals surface area contributed by atoms with Crippen molar-refractivity contribution >= 4 is 52.4 Å². The molecule has 0 saturated heterocycles. The highest BCUT2D eigenvalue weighted by Gasteiger charge is 2.35. The predicted octanol–water partition coefficient (Wildman–Crippen LogP) is 6.10. The van der Waals surface area contributed by atoms with E-state index in [0.29, 0.717) is 16.9 Å². The molecule has 1 heterocycles. The number of ether oxygens (including phenoxy) is 5. The van der Waals surface area contributed by atoms with Crippen LogP contribution in [-0.2, 0) is 11.3 Å². The molecule has 0 fully saturated rings. The minimum Gasteiger partial charge on any atom is -0.495 e. The van der Waals surface area contributed by atoms with Crippen LogP contribution in [0.1, 0.15) is 21.5 Å². The summed E-state index contributed by atoms with van der Waals surface area (Å²) in [4.78, 5) is 12.3. The van der Waals surface area contributed by atoms with Crippen LogP contribution >= 0.6 is 46.4 Å². The summed E-state index contributed by atoms with van der Waals surface area (Å²) < 4.78 is 27.0. The molecule has 1 aliphatic rings. The highest BCUT2D eigenvalue weighted by Crippen LogP contribution is 2.54. The number of methoxy groups -OCH3 is 3. The minimum atomic E-state index is -0.642. The van der Waals surface area contributed by atoms with E-state index in [1.54, 1.807) is 6.92 Å². The van der Waals surface area contributed by atoms with Gasteiger partial charge in [0.15, 0.2) is 23.0 Å². The second kappa shape index (κ2) is 7.95. The number of esters is 1. The summed E-state index contributed by atoms with van der Waals surface area (Å²) in [5, 5.41) is 0.457. The van der Waals surface area contributed by atoms with E-state index < -0.39 is 5.97 Å². The summed E-state index contributed by atoms with van der Waals surface area (Å²) in [6.07, 6.45) is 0. The molecule has 0 aliphatic carbocycles. The van der Waals surface area contributed by atoms with Gasteiger partial charge in [0, 0.05) is 11.1 Å². The molecule has 0 amide bonds. The third-order valence-electron chi connectivity index (χ3n) is 4.23. The van der Waals surface area contributed by atoms with Crippen molar-refractivity contribution in [3.05, 3.63) is 36.8 Å². The van der Waals surface area contributed by atoms with E-state index in [1.165, 1.54) is 21.3 Å². The third kappa shape index (κ3) is 3.08. The molecule has 0 atom stereocenters. The van der Waals surface area contributed by atoms with E-state index in [4.69, 9.17) is 70.1 Å². The van der Waals surface area contributed by atoms with Crippen LogP contribution in [0.5, 0.6) is 28.7 Å². The lowest BCUT2D eigenvalue weighted by Gasteiger charge is -2.20. The van der Waals surface area contributed by atoms with Gasteiger partial charge in [0.1, 0.15) is 28.0 Å². The van der Waals surface area contributed by atoms with Crippen molar-refractivity contribution < 1.29 is 28.5 Å². The molecule has 3 rings (SSSR count). The van der Waals surface area contributed by atoms with Crippen LogP contribution in [0.2, 0.25) is 20.1 Å². The van der Waals surface area contributed by atoms with E-state index in [9.17, 15) is 4.79 Å². The fourth-order valence-electron chi connectivity index (χ4n) is 2.88. The number of hydrogen-bond donors (Lipinski definition) is 0. The second-order valence-electron chi connectivity index (χ2n) is 5.67. The van der Waals surface area contributed by atoms with Gasteiger partial charge in [-0.3, -0.25) is 0 Å². The molecule has 0 unspecified atom stereocenters. The Morgan fingerprint density at radius 3 is 1.89 bits per heavy atom. The fraction of sp³-hybridized carbons (Fsp3) is 0.278. The lowest BCUT2D eigenvalue weighted by molar-refractivity contribution is 0.0533. The van der Waals surface area contributed by atoms with Crippen LogP contribution in [0.25, 0.3) is 0 Å². The van der Waals surface area contributed by atoms with Gasteiger partial charge in [-0.1, -0.05) is 46.4 Å². The molecule has 28 heavy (non-hydrogen) atoms. The summed E-state index contributed by atoms with van der Waals surface area (Å²) in [5.74, 6) is -0.0893. The van der Waals surface area contributed by atoms with Crippen LogP contribution < -0.4 is 18.9 Å². The van der Waals surface area contributed by atoms with Gasteiger partial charge >= 0.3 is 5.97 Å². The normalized spacial score (nSPS) is 12.5. The number of benzene rings is 2. The summed E-state index contributed by atoms with van der Waals surface area (Å²) in [6.45, 7) is 1.67. The largest absolute Gasteiger partial charge is 0.495 e. The van der Waals surface area contributed by atoms with Crippen molar-refractivity contribution in [1.82, 2.24) is 0 Å². The van der Waals surface area contributed by atoms with Crippen LogP contribution in [0.15, 0.2) is 0 Å². The first kappa shape index (κ1) is 21.0. The van der Waals surface area contributed by atoms with Gasteiger partial charge in [-0.2, -0.15) is 0 Å². The molecule has 1 aliphatic heterocycles. The monoisotopic (exact) mass is 466 g/mol. The maximum atomic E-state index is 12.3. The molecule has 0 spiro atoms. The first-order valence-corrected chi connectivity index (χ1v) is 9.31. The number of halogens is 4. The van der Waals surface area contributed by atoms with Crippen molar-refractivity contribution in [1.29, 1.82) is 0 Å². The highest BCUT2D eigenvalue weighted by atomic mass is 35.5. The zero-order valence-corrected chi connectivity index (χ0v) is 18.2. The number of hydrogen-bond acceptors (Lipinski definition) is 6. The summed E-state index contributed by atoms with van der Waals surface area (Å²) in [7, 11) is 4.23. The van der Waals surface area contributed by atoms with Crippen LogP contribution in [0.3, 0.4) is 0 Å². The Labute approximate surface area is 181 Å². The van der Waals surface area contributed by atoms with Crippen LogP contribution in [0.4, 0.5) is 0 Å². The SMILES string of the molecule is COc1c(C)c(Cl)c(OC)c(Oc2c(Cl)c(OC)c(Cl)c3c2C(=O)OC3)c1Cl. The highest BCUT2D eigenvalue weighted by molar-refractivity contribution is 6.40. The summed E-state index contributed by atoms with van der Waals surface area (Å²) in [5.41, 5.74) is 1.02. The molecule has 10 heteroatoms. The minimum absolute atomic E-state index is 0.0183. The lowest BCUT2D eigenvalue weighted by Crippen LogP contribution is -2.04. The van der Waals surface area contributed by atoms with E-state index in [1.807, 2.05) is 0 Å². The number of carbonyl (C=O) groups is 1. The van der Waals surface area contributed by atoms with Crippen molar-refractivity contribution in [2.24, 2.45) is 0 Å². The van der Waals surface area contributed by atoms with E-state index in [-0.39, 0.29) is 55.3 Å². The van der Waals surface area contributed by atoms with Crippen LogP contribution in [0, 0.1) is 6.92 Å². The van der Waals surface area contributed by atoms with Crippen molar-refractivity contribution in [3.8, 4) is 28.7 Å². The Kier molecular flexibility index (Phi) is 5.96. The van der Waals surface area contributed by atoms with Gasteiger partial charge in [-0.25, -0.2) is 4.79 Å². The Balaban J connectivity index is 2.31. The number of cyclic esters (lactones) is 1. The number of rotatable bonds is 5. The smallest absolute Gasteiger partial charge is 0.342 e. The van der Waals surface area contributed by atoms with E-state index in [2.05, 4.69) is 0 Å². The average Bonchev–Trinajstić information content (AvgIpc) is 3.05. The molecule has 2 aromatic rings.